The number of ether oxygens (including phenoxy) is 2. The van der Waals surface area contributed by atoms with Crippen LogP contribution in [-0.2, 0) is 10.2 Å². The summed E-state index contributed by atoms with van der Waals surface area (Å²) < 4.78 is 50.4. The van der Waals surface area contributed by atoms with Gasteiger partial charge in [0.2, 0.25) is 0 Å². The van der Waals surface area contributed by atoms with E-state index in [0.717, 1.165) is 17.7 Å². The lowest BCUT2D eigenvalue weighted by atomic mass is 9.74. The highest BCUT2D eigenvalue weighted by atomic mass is 19.2. The van der Waals surface area contributed by atoms with E-state index >= 15 is 0 Å². The Balaban J connectivity index is 1.48. The molecule has 0 atom stereocenters. The Hall–Kier alpha value is -2.74. The molecule has 29 heavy (non-hydrogen) atoms. The second-order valence-corrected chi connectivity index (χ2v) is 6.94. The van der Waals surface area contributed by atoms with Gasteiger partial charge in [0.05, 0.1) is 6.54 Å². The molecule has 0 aromatic heterocycles. The number of carbonyl (C=O) groups is 1. The van der Waals surface area contributed by atoms with Crippen molar-refractivity contribution in [3.05, 3.63) is 65.5 Å². The zero-order chi connectivity index (χ0) is 20.7. The largest absolute Gasteiger partial charge is 0.492 e. The molecule has 156 valence electrons. The van der Waals surface area contributed by atoms with E-state index in [1.807, 2.05) is 6.07 Å². The maximum absolute atomic E-state index is 13.7. The highest BCUT2D eigenvalue weighted by molar-refractivity contribution is 5.74. The first-order valence-corrected chi connectivity index (χ1v) is 9.42. The molecule has 0 aliphatic carbocycles. The van der Waals surface area contributed by atoms with Crippen LogP contribution in [0.1, 0.15) is 18.4 Å². The summed E-state index contributed by atoms with van der Waals surface area (Å²) in [4.78, 5) is 12.1. The smallest absolute Gasteiger partial charge is 0.314 e. The van der Waals surface area contributed by atoms with Gasteiger partial charge in [-0.25, -0.2) is 18.0 Å². The van der Waals surface area contributed by atoms with Crippen LogP contribution in [0, 0.1) is 17.5 Å². The molecule has 2 aromatic rings. The van der Waals surface area contributed by atoms with E-state index in [1.54, 1.807) is 6.07 Å². The van der Waals surface area contributed by atoms with Crippen molar-refractivity contribution < 1.29 is 27.4 Å². The average Bonchev–Trinajstić information content (AvgIpc) is 2.73. The third-order valence-corrected chi connectivity index (χ3v) is 5.02. The summed E-state index contributed by atoms with van der Waals surface area (Å²) in [6.07, 6.45) is 1.35. The molecule has 1 aliphatic heterocycles. The van der Waals surface area contributed by atoms with Crippen LogP contribution in [0.2, 0.25) is 0 Å². The SMILES string of the molecule is O=C(NCCOc1ccc(F)c(F)c1)NCC1(c2cccc(F)c2)CCOCC1. The van der Waals surface area contributed by atoms with Crippen LogP contribution in [0.25, 0.3) is 0 Å². The molecule has 1 fully saturated rings. The fourth-order valence-corrected chi connectivity index (χ4v) is 3.36. The zero-order valence-corrected chi connectivity index (χ0v) is 15.8. The highest BCUT2D eigenvalue weighted by Gasteiger charge is 2.35. The Labute approximate surface area is 167 Å². The Kier molecular flexibility index (Phi) is 6.98. The number of hydrogen-bond donors (Lipinski definition) is 2. The fraction of sp³-hybridized carbons (Fsp3) is 0.381. The Morgan fingerprint density at radius 2 is 1.83 bits per heavy atom. The number of urea groups is 1. The molecule has 0 saturated carbocycles. The topological polar surface area (TPSA) is 59.6 Å². The molecule has 1 saturated heterocycles. The van der Waals surface area contributed by atoms with Crippen LogP contribution in [0.15, 0.2) is 42.5 Å². The van der Waals surface area contributed by atoms with Crippen molar-refractivity contribution in [2.75, 3.05) is 32.9 Å². The predicted molar refractivity (Wildman–Crippen MR) is 101 cm³/mol. The molecule has 2 N–H and O–H groups in total. The summed E-state index contributed by atoms with van der Waals surface area (Å²) in [6, 6.07) is 9.27. The average molecular weight is 408 g/mol. The van der Waals surface area contributed by atoms with Crippen molar-refractivity contribution in [3.63, 3.8) is 0 Å². The number of amides is 2. The van der Waals surface area contributed by atoms with Gasteiger partial charge in [-0.1, -0.05) is 12.1 Å². The minimum absolute atomic E-state index is 0.0986. The molecule has 1 heterocycles. The third kappa shape index (κ3) is 5.63. The summed E-state index contributed by atoms with van der Waals surface area (Å²) >= 11 is 0. The van der Waals surface area contributed by atoms with Crippen LogP contribution in [0.4, 0.5) is 18.0 Å². The van der Waals surface area contributed by atoms with Crippen molar-refractivity contribution in [2.24, 2.45) is 0 Å². The van der Waals surface area contributed by atoms with Gasteiger partial charge in [-0.05, 0) is 42.7 Å². The summed E-state index contributed by atoms with van der Waals surface area (Å²) in [6.45, 7) is 1.71. The first-order valence-electron chi connectivity index (χ1n) is 9.42. The molecular weight excluding hydrogens is 385 g/mol. The van der Waals surface area contributed by atoms with E-state index in [2.05, 4.69) is 10.6 Å². The molecule has 0 unspecified atom stereocenters. The molecule has 3 rings (SSSR count). The number of halogens is 3. The maximum atomic E-state index is 13.7. The highest BCUT2D eigenvalue weighted by Crippen LogP contribution is 2.34. The fourth-order valence-electron chi connectivity index (χ4n) is 3.36. The third-order valence-electron chi connectivity index (χ3n) is 5.02. The van der Waals surface area contributed by atoms with Crippen LogP contribution >= 0.6 is 0 Å². The number of hydrogen-bond acceptors (Lipinski definition) is 3. The molecule has 0 spiro atoms. The lowest BCUT2D eigenvalue weighted by Crippen LogP contribution is -2.48. The van der Waals surface area contributed by atoms with Gasteiger partial charge in [0, 0.05) is 31.2 Å². The molecule has 2 amide bonds. The normalized spacial score (nSPS) is 15.6. The van der Waals surface area contributed by atoms with E-state index < -0.39 is 11.6 Å². The van der Waals surface area contributed by atoms with E-state index in [-0.39, 0.29) is 36.2 Å². The second-order valence-electron chi connectivity index (χ2n) is 6.94. The van der Waals surface area contributed by atoms with Gasteiger partial charge in [0.1, 0.15) is 18.2 Å². The minimum Gasteiger partial charge on any atom is -0.492 e. The van der Waals surface area contributed by atoms with Gasteiger partial charge in [-0.2, -0.15) is 0 Å². The lowest BCUT2D eigenvalue weighted by molar-refractivity contribution is 0.0506. The van der Waals surface area contributed by atoms with Crippen molar-refractivity contribution >= 4 is 6.03 Å². The zero-order valence-electron chi connectivity index (χ0n) is 15.8. The predicted octanol–water partition coefficient (Wildman–Crippen LogP) is 3.53. The molecule has 8 heteroatoms. The Bertz CT molecular complexity index is 842. The van der Waals surface area contributed by atoms with Crippen molar-refractivity contribution in [3.8, 4) is 5.75 Å². The monoisotopic (exact) mass is 408 g/mol. The maximum Gasteiger partial charge on any atom is 0.314 e. The summed E-state index contributed by atoms with van der Waals surface area (Å²) in [5, 5.41) is 5.48. The van der Waals surface area contributed by atoms with Gasteiger partial charge in [-0.15, -0.1) is 0 Å². The summed E-state index contributed by atoms with van der Waals surface area (Å²) in [7, 11) is 0. The van der Waals surface area contributed by atoms with E-state index in [4.69, 9.17) is 9.47 Å². The summed E-state index contributed by atoms with van der Waals surface area (Å²) in [5.74, 6) is -2.08. The van der Waals surface area contributed by atoms with Gasteiger partial charge >= 0.3 is 6.03 Å². The second kappa shape index (κ2) is 9.65. The Morgan fingerprint density at radius 3 is 2.55 bits per heavy atom. The Morgan fingerprint density at radius 1 is 1.03 bits per heavy atom. The first-order chi connectivity index (χ1) is 14.0. The van der Waals surface area contributed by atoms with Crippen molar-refractivity contribution in [1.29, 1.82) is 0 Å². The quantitative estimate of drug-likeness (QED) is 0.689. The molecule has 1 aliphatic rings. The van der Waals surface area contributed by atoms with Crippen molar-refractivity contribution in [1.82, 2.24) is 10.6 Å². The van der Waals surface area contributed by atoms with Gasteiger partial charge in [0.25, 0.3) is 0 Å². The van der Waals surface area contributed by atoms with Crippen molar-refractivity contribution in [2.45, 2.75) is 18.3 Å². The van der Waals surface area contributed by atoms with E-state index in [9.17, 15) is 18.0 Å². The molecule has 0 bridgehead atoms. The molecule has 0 radical (unpaired) electrons. The van der Waals surface area contributed by atoms with Gasteiger partial charge < -0.3 is 20.1 Å². The van der Waals surface area contributed by atoms with Gasteiger partial charge in [0.15, 0.2) is 11.6 Å². The summed E-state index contributed by atoms with van der Waals surface area (Å²) in [5.41, 5.74) is 0.447. The standard InChI is InChI=1S/C21H23F3N2O3/c22-16-3-1-2-15(12-16)21(6-9-28-10-7-21)14-26-20(27)25-8-11-29-17-4-5-18(23)19(24)13-17/h1-5,12-13H,6-11,14H2,(H2,25,26,27). The van der Waals surface area contributed by atoms with E-state index in [0.29, 0.717) is 32.6 Å². The first kappa shape index (κ1) is 21.0. The number of benzene rings is 2. The van der Waals surface area contributed by atoms with Crippen LogP contribution in [0.3, 0.4) is 0 Å². The number of nitrogens with one attached hydrogen (secondary N) is 2. The molecular formula is C21H23F3N2O3. The minimum atomic E-state index is -0.993. The lowest BCUT2D eigenvalue weighted by Gasteiger charge is -2.38. The molecule has 2 aromatic carbocycles. The van der Waals surface area contributed by atoms with Gasteiger partial charge in [-0.3, -0.25) is 0 Å². The van der Waals surface area contributed by atoms with E-state index in [1.165, 1.54) is 18.2 Å². The number of rotatable bonds is 7. The number of carbonyl (C=O) groups excluding carboxylic acids is 1. The molecule has 5 nitrogen and oxygen atoms in total. The van der Waals surface area contributed by atoms with Crippen LogP contribution in [-0.4, -0.2) is 38.9 Å². The van der Waals surface area contributed by atoms with Crippen LogP contribution < -0.4 is 15.4 Å². The van der Waals surface area contributed by atoms with Crippen LogP contribution in [0.5, 0.6) is 5.75 Å².